The Labute approximate surface area is 102 Å². The van der Waals surface area contributed by atoms with Crippen LogP contribution in [-0.2, 0) is 4.79 Å². The molecule has 0 radical (unpaired) electrons. The summed E-state index contributed by atoms with van der Waals surface area (Å²) in [6.45, 7) is 0.145. The van der Waals surface area contributed by atoms with Crippen LogP contribution in [-0.4, -0.2) is 36.4 Å². The van der Waals surface area contributed by atoms with Gasteiger partial charge in [0.15, 0.2) is 0 Å². The van der Waals surface area contributed by atoms with Crippen LogP contribution in [0.2, 0.25) is 0 Å². The number of halogens is 1. The molecule has 0 aromatic heterocycles. The van der Waals surface area contributed by atoms with Crippen LogP contribution in [0.15, 0.2) is 29.3 Å². The Hall–Kier alpha value is -2.44. The Balaban J connectivity index is 2.08. The number of carbonyl (C=O) groups is 2. The fraction of sp³-hybridized carbons (Fsp3) is 0.182. The van der Waals surface area contributed by atoms with Crippen molar-refractivity contribution in [1.82, 2.24) is 10.2 Å². The lowest BCUT2D eigenvalue weighted by Gasteiger charge is -2.08. The van der Waals surface area contributed by atoms with Crippen molar-refractivity contribution in [3.8, 4) is 0 Å². The zero-order valence-electron chi connectivity index (χ0n) is 9.61. The number of rotatable bonds is 1. The van der Waals surface area contributed by atoms with Gasteiger partial charge in [0, 0.05) is 7.05 Å². The molecule has 1 heterocycles. The van der Waals surface area contributed by atoms with Crippen LogP contribution < -0.4 is 10.6 Å². The maximum atomic E-state index is 13.3. The van der Waals surface area contributed by atoms with Crippen molar-refractivity contribution in [1.29, 1.82) is 0 Å². The molecule has 1 fully saturated rings. The predicted octanol–water partition coefficient (Wildman–Crippen LogP) is 0.775. The summed E-state index contributed by atoms with van der Waals surface area (Å²) in [6, 6.07) is 5.01. The Morgan fingerprint density at radius 1 is 1.50 bits per heavy atom. The van der Waals surface area contributed by atoms with E-state index >= 15 is 0 Å². The van der Waals surface area contributed by atoms with Gasteiger partial charge in [0.05, 0.1) is 12.2 Å². The van der Waals surface area contributed by atoms with Gasteiger partial charge in [0.2, 0.25) is 11.9 Å². The van der Waals surface area contributed by atoms with E-state index in [4.69, 9.17) is 0 Å². The van der Waals surface area contributed by atoms with E-state index in [1.54, 1.807) is 13.1 Å². The average Bonchev–Trinajstić information content (AvgIpc) is 2.61. The van der Waals surface area contributed by atoms with Crippen molar-refractivity contribution in [3.05, 3.63) is 30.1 Å². The van der Waals surface area contributed by atoms with Crippen molar-refractivity contribution >= 4 is 23.6 Å². The highest BCUT2D eigenvalue weighted by Crippen LogP contribution is 2.12. The summed E-state index contributed by atoms with van der Waals surface area (Å²) in [6.07, 6.45) is 0. The van der Waals surface area contributed by atoms with Crippen LogP contribution in [0.5, 0.6) is 0 Å². The van der Waals surface area contributed by atoms with Crippen molar-refractivity contribution in [2.24, 2.45) is 4.99 Å². The first-order valence-corrected chi connectivity index (χ1v) is 5.21. The van der Waals surface area contributed by atoms with E-state index < -0.39 is 11.8 Å². The fourth-order valence-electron chi connectivity index (χ4n) is 1.47. The highest BCUT2D eigenvalue weighted by molar-refractivity contribution is 6.09. The third-order valence-corrected chi connectivity index (χ3v) is 2.32. The normalized spacial score (nSPS) is 16.9. The van der Waals surface area contributed by atoms with Crippen molar-refractivity contribution in [3.63, 3.8) is 0 Å². The molecule has 1 aromatic rings. The standard InChI is InChI=1S/C11H11FN4O2/c1-16-6-9(17)14-10(16)15-11(18)13-8-5-3-2-4-7(8)12/h2-5H,6H2,1H3,(H2,13,14,15,17,18). The Kier molecular flexibility index (Phi) is 3.22. The number of para-hydroxylation sites is 1. The molecule has 0 spiro atoms. The molecule has 0 aliphatic carbocycles. The third-order valence-electron chi connectivity index (χ3n) is 2.32. The van der Waals surface area contributed by atoms with Gasteiger partial charge < -0.3 is 10.2 Å². The second-order valence-corrected chi connectivity index (χ2v) is 3.75. The number of benzene rings is 1. The number of nitrogens with zero attached hydrogens (tertiary/aromatic N) is 2. The summed E-state index contributed by atoms with van der Waals surface area (Å²) in [5.41, 5.74) is 0.0406. The molecule has 1 aromatic carbocycles. The maximum absolute atomic E-state index is 13.3. The minimum Gasteiger partial charge on any atom is -0.336 e. The number of amides is 3. The summed E-state index contributed by atoms with van der Waals surface area (Å²) in [7, 11) is 1.62. The van der Waals surface area contributed by atoms with E-state index in [1.165, 1.54) is 23.1 Å². The fourth-order valence-corrected chi connectivity index (χ4v) is 1.47. The molecule has 0 unspecified atom stereocenters. The highest BCUT2D eigenvalue weighted by Gasteiger charge is 2.22. The van der Waals surface area contributed by atoms with Gasteiger partial charge in [-0.3, -0.25) is 10.1 Å². The van der Waals surface area contributed by atoms with Crippen molar-refractivity contribution in [2.45, 2.75) is 0 Å². The van der Waals surface area contributed by atoms with Crippen LogP contribution in [0.25, 0.3) is 0 Å². The molecule has 3 amide bonds. The molecule has 0 saturated carbocycles. The number of aliphatic imine (C=N–C) groups is 1. The SMILES string of the molecule is CN1CC(=O)N/C1=N/C(=O)Nc1ccccc1F. The van der Waals surface area contributed by atoms with Crippen molar-refractivity contribution < 1.29 is 14.0 Å². The Morgan fingerprint density at radius 2 is 2.22 bits per heavy atom. The predicted molar refractivity (Wildman–Crippen MR) is 63.6 cm³/mol. The van der Waals surface area contributed by atoms with E-state index in [0.717, 1.165) is 0 Å². The molecule has 18 heavy (non-hydrogen) atoms. The number of likely N-dealkylation sites (N-methyl/N-ethyl adjacent to an activating group) is 1. The lowest BCUT2D eigenvalue weighted by Crippen LogP contribution is -2.29. The minimum atomic E-state index is -0.746. The average molecular weight is 250 g/mol. The molecule has 7 heteroatoms. The molecule has 0 atom stereocenters. The second kappa shape index (κ2) is 4.82. The summed E-state index contributed by atoms with van der Waals surface area (Å²) in [5, 5.41) is 4.71. The van der Waals surface area contributed by atoms with E-state index in [-0.39, 0.29) is 24.1 Å². The van der Waals surface area contributed by atoms with E-state index in [9.17, 15) is 14.0 Å². The molecule has 0 bridgehead atoms. The summed E-state index contributed by atoms with van der Waals surface area (Å²) >= 11 is 0. The molecular weight excluding hydrogens is 239 g/mol. The van der Waals surface area contributed by atoms with Crippen LogP contribution in [0.3, 0.4) is 0 Å². The lowest BCUT2D eigenvalue weighted by molar-refractivity contribution is -0.118. The number of hydrogen-bond donors (Lipinski definition) is 2. The third kappa shape index (κ3) is 2.62. The summed E-state index contributed by atoms with van der Waals surface area (Å²) < 4.78 is 13.3. The Morgan fingerprint density at radius 3 is 2.83 bits per heavy atom. The van der Waals surface area contributed by atoms with Crippen LogP contribution in [0.1, 0.15) is 0 Å². The van der Waals surface area contributed by atoms with Crippen LogP contribution in [0, 0.1) is 5.82 Å². The minimum absolute atomic E-state index is 0.0406. The Bertz CT molecular complexity index is 530. The van der Waals surface area contributed by atoms with Gasteiger partial charge in [-0.25, -0.2) is 9.18 Å². The monoisotopic (exact) mass is 250 g/mol. The molecule has 2 rings (SSSR count). The van der Waals surface area contributed by atoms with Crippen LogP contribution in [0.4, 0.5) is 14.9 Å². The van der Waals surface area contributed by atoms with Gasteiger partial charge in [-0.1, -0.05) is 12.1 Å². The molecule has 94 valence electrons. The number of carbonyl (C=O) groups excluding carboxylic acids is 2. The first-order chi connectivity index (χ1) is 8.56. The number of anilines is 1. The smallest absolute Gasteiger partial charge is 0.336 e. The van der Waals surface area contributed by atoms with Gasteiger partial charge in [-0.2, -0.15) is 4.99 Å². The second-order valence-electron chi connectivity index (χ2n) is 3.75. The topological polar surface area (TPSA) is 73.8 Å². The first-order valence-electron chi connectivity index (χ1n) is 5.21. The number of nitrogens with one attached hydrogen (secondary N) is 2. The molecule has 1 aliphatic rings. The van der Waals surface area contributed by atoms with E-state index in [1.807, 2.05) is 0 Å². The maximum Gasteiger partial charge on any atom is 0.348 e. The summed E-state index contributed by atoms with van der Waals surface area (Å²) in [4.78, 5) is 27.7. The van der Waals surface area contributed by atoms with Gasteiger partial charge in [0.25, 0.3) is 0 Å². The number of guanidine groups is 1. The highest BCUT2D eigenvalue weighted by atomic mass is 19.1. The van der Waals surface area contributed by atoms with Gasteiger partial charge in [-0.05, 0) is 12.1 Å². The van der Waals surface area contributed by atoms with E-state index in [0.29, 0.717) is 0 Å². The van der Waals surface area contributed by atoms with Gasteiger partial charge in [-0.15, -0.1) is 0 Å². The number of hydrogen-bond acceptors (Lipinski definition) is 2. The quantitative estimate of drug-likeness (QED) is 0.773. The summed E-state index contributed by atoms with van der Waals surface area (Å²) in [5.74, 6) is -0.640. The van der Waals surface area contributed by atoms with E-state index in [2.05, 4.69) is 15.6 Å². The van der Waals surface area contributed by atoms with Crippen LogP contribution >= 0.6 is 0 Å². The molecule has 2 N–H and O–H groups in total. The molecule has 6 nitrogen and oxygen atoms in total. The number of urea groups is 1. The molecule has 1 aliphatic heterocycles. The van der Waals surface area contributed by atoms with Crippen molar-refractivity contribution in [2.75, 3.05) is 18.9 Å². The zero-order valence-corrected chi connectivity index (χ0v) is 9.61. The first kappa shape index (κ1) is 12.0. The van der Waals surface area contributed by atoms with Gasteiger partial charge >= 0.3 is 6.03 Å². The molecular formula is C11H11FN4O2. The molecule has 1 saturated heterocycles. The van der Waals surface area contributed by atoms with Gasteiger partial charge in [0.1, 0.15) is 5.82 Å². The lowest BCUT2D eigenvalue weighted by atomic mass is 10.3. The zero-order chi connectivity index (χ0) is 13.1. The largest absolute Gasteiger partial charge is 0.348 e.